The Morgan fingerprint density at radius 2 is 2.16 bits per heavy atom. The van der Waals surface area contributed by atoms with Crippen molar-refractivity contribution in [2.24, 2.45) is 0 Å². The molecule has 2 aromatic carbocycles. The number of hydrogen-bond acceptors (Lipinski definition) is 5. The molecule has 0 amide bonds. The Labute approximate surface area is 157 Å². The van der Waals surface area contributed by atoms with Crippen LogP contribution in [-0.4, -0.2) is 15.4 Å². The largest absolute Gasteiger partial charge is 0.289 e. The number of benzene rings is 2. The smallest absolute Gasteiger partial charge is 0.280 e. The molecular formula is C18H15BrN4OS. The highest BCUT2D eigenvalue weighted by atomic mass is 79.9. The number of nitriles is 1. The maximum atomic E-state index is 12.8. The van der Waals surface area contributed by atoms with Crippen molar-refractivity contribution in [3.63, 3.8) is 0 Å². The van der Waals surface area contributed by atoms with Crippen LogP contribution in [0.5, 0.6) is 0 Å². The van der Waals surface area contributed by atoms with E-state index in [4.69, 9.17) is 5.26 Å². The third kappa shape index (κ3) is 3.55. The zero-order chi connectivity index (χ0) is 18.0. The summed E-state index contributed by atoms with van der Waals surface area (Å²) < 4.78 is 2.21. The van der Waals surface area contributed by atoms with Crippen molar-refractivity contribution in [3.05, 3.63) is 62.6 Å². The lowest BCUT2D eigenvalue weighted by molar-refractivity contribution is 0.874. The number of hydrogen-bond donors (Lipinski definition) is 1. The molecule has 7 heteroatoms. The van der Waals surface area contributed by atoms with Crippen LogP contribution in [-0.2, 0) is 0 Å². The summed E-state index contributed by atoms with van der Waals surface area (Å²) >= 11 is 5.10. The Kier molecular flexibility index (Phi) is 5.11. The van der Waals surface area contributed by atoms with Gasteiger partial charge in [-0.1, -0.05) is 22.9 Å². The lowest BCUT2D eigenvalue weighted by Crippen LogP contribution is -2.27. The molecule has 5 nitrogen and oxygen atoms in total. The van der Waals surface area contributed by atoms with E-state index in [0.29, 0.717) is 22.2 Å². The second-order valence-corrected chi connectivity index (χ2v) is 7.57. The Morgan fingerprint density at radius 1 is 1.36 bits per heavy atom. The van der Waals surface area contributed by atoms with Crippen LogP contribution in [0.3, 0.4) is 0 Å². The van der Waals surface area contributed by atoms with Crippen molar-refractivity contribution in [2.75, 3.05) is 11.2 Å². The molecule has 0 aliphatic carbocycles. The van der Waals surface area contributed by atoms with Crippen LogP contribution >= 0.6 is 27.7 Å². The van der Waals surface area contributed by atoms with Gasteiger partial charge in [-0.25, -0.2) is 9.66 Å². The molecule has 3 rings (SSSR count). The van der Waals surface area contributed by atoms with Crippen LogP contribution in [0.15, 0.2) is 50.8 Å². The van der Waals surface area contributed by atoms with Crippen LogP contribution < -0.4 is 11.0 Å². The van der Waals surface area contributed by atoms with Crippen LogP contribution in [0.4, 0.5) is 5.69 Å². The SMILES string of the molecule is CCSc1ccc(C#N)cc1Nn1cnc2cc(C)c(Br)cc2c1=O. The molecule has 0 aliphatic heterocycles. The van der Waals surface area contributed by atoms with E-state index in [1.165, 1.54) is 11.0 Å². The van der Waals surface area contributed by atoms with Crippen LogP contribution in [0.25, 0.3) is 10.9 Å². The topological polar surface area (TPSA) is 70.7 Å². The number of anilines is 1. The predicted molar refractivity (Wildman–Crippen MR) is 105 cm³/mol. The number of rotatable bonds is 4. The molecule has 0 saturated carbocycles. The van der Waals surface area contributed by atoms with Gasteiger partial charge in [0.15, 0.2) is 0 Å². The maximum absolute atomic E-state index is 12.8. The Bertz CT molecular complexity index is 1060. The maximum Gasteiger partial charge on any atom is 0.280 e. The molecule has 0 saturated heterocycles. The quantitative estimate of drug-likeness (QED) is 0.643. The minimum absolute atomic E-state index is 0.194. The number of aryl methyl sites for hydroxylation is 1. The fourth-order valence-corrected chi connectivity index (χ4v) is 3.50. The van der Waals surface area contributed by atoms with Crippen LogP contribution in [0, 0.1) is 18.3 Å². The van der Waals surface area contributed by atoms with E-state index in [1.807, 2.05) is 19.1 Å². The fraction of sp³-hybridized carbons (Fsp3) is 0.167. The summed E-state index contributed by atoms with van der Waals surface area (Å²) in [6.45, 7) is 4.01. The normalized spacial score (nSPS) is 10.6. The van der Waals surface area contributed by atoms with Gasteiger partial charge in [0.05, 0.1) is 28.2 Å². The van der Waals surface area contributed by atoms with E-state index >= 15 is 0 Å². The summed E-state index contributed by atoms with van der Waals surface area (Å²) in [6.07, 6.45) is 1.47. The second-order valence-electron chi connectivity index (χ2n) is 5.41. The van der Waals surface area contributed by atoms with Gasteiger partial charge < -0.3 is 0 Å². The molecular weight excluding hydrogens is 400 g/mol. The first-order valence-corrected chi connectivity index (χ1v) is 9.43. The molecule has 0 radical (unpaired) electrons. The van der Waals surface area contributed by atoms with Gasteiger partial charge in [0.25, 0.3) is 5.56 Å². The van der Waals surface area contributed by atoms with Gasteiger partial charge in [-0.15, -0.1) is 11.8 Å². The fourth-order valence-electron chi connectivity index (χ4n) is 2.42. The van der Waals surface area contributed by atoms with Gasteiger partial charge >= 0.3 is 0 Å². The Balaban J connectivity index is 2.10. The van der Waals surface area contributed by atoms with E-state index in [0.717, 1.165) is 20.7 Å². The first-order valence-electron chi connectivity index (χ1n) is 7.65. The summed E-state index contributed by atoms with van der Waals surface area (Å²) in [4.78, 5) is 18.1. The monoisotopic (exact) mass is 414 g/mol. The first-order chi connectivity index (χ1) is 12.0. The number of halogens is 1. The number of nitrogens with zero attached hydrogens (tertiary/aromatic N) is 3. The molecule has 126 valence electrons. The lowest BCUT2D eigenvalue weighted by atomic mass is 10.2. The molecule has 25 heavy (non-hydrogen) atoms. The summed E-state index contributed by atoms with van der Waals surface area (Å²) in [5.74, 6) is 0.887. The van der Waals surface area contributed by atoms with Crippen molar-refractivity contribution in [1.29, 1.82) is 5.26 Å². The molecule has 0 atom stereocenters. The van der Waals surface area contributed by atoms with Gasteiger partial charge in [0, 0.05) is 9.37 Å². The number of fused-ring (bicyclic) bond motifs is 1. The lowest BCUT2D eigenvalue weighted by Gasteiger charge is -2.14. The molecule has 1 aromatic heterocycles. The minimum atomic E-state index is -0.194. The van der Waals surface area contributed by atoms with E-state index in [-0.39, 0.29) is 5.56 Å². The molecule has 1 heterocycles. The van der Waals surface area contributed by atoms with E-state index in [2.05, 4.69) is 39.3 Å². The van der Waals surface area contributed by atoms with Gasteiger partial charge in [-0.2, -0.15) is 5.26 Å². The number of thioether (sulfide) groups is 1. The van der Waals surface area contributed by atoms with E-state index in [9.17, 15) is 4.79 Å². The molecule has 3 aromatic rings. The van der Waals surface area contributed by atoms with Crippen molar-refractivity contribution < 1.29 is 0 Å². The number of aromatic nitrogens is 2. The van der Waals surface area contributed by atoms with Gasteiger partial charge in [-0.05, 0) is 48.6 Å². The zero-order valence-electron chi connectivity index (χ0n) is 13.7. The van der Waals surface area contributed by atoms with Crippen molar-refractivity contribution in [2.45, 2.75) is 18.7 Å². The van der Waals surface area contributed by atoms with Crippen molar-refractivity contribution >= 4 is 44.3 Å². The van der Waals surface area contributed by atoms with E-state index in [1.54, 1.807) is 30.0 Å². The highest BCUT2D eigenvalue weighted by Gasteiger charge is 2.09. The third-order valence-electron chi connectivity index (χ3n) is 3.69. The van der Waals surface area contributed by atoms with Gasteiger partial charge in [0.2, 0.25) is 0 Å². The average molecular weight is 415 g/mol. The number of nitrogens with one attached hydrogen (secondary N) is 1. The minimum Gasteiger partial charge on any atom is -0.289 e. The first kappa shape index (κ1) is 17.5. The molecule has 0 bridgehead atoms. The van der Waals surface area contributed by atoms with Gasteiger partial charge in [-0.3, -0.25) is 10.2 Å². The highest BCUT2D eigenvalue weighted by molar-refractivity contribution is 9.10. The van der Waals surface area contributed by atoms with Crippen molar-refractivity contribution in [1.82, 2.24) is 9.66 Å². The summed E-state index contributed by atoms with van der Waals surface area (Å²) in [5.41, 5.74) is 5.80. The molecule has 0 unspecified atom stereocenters. The van der Waals surface area contributed by atoms with Crippen LogP contribution in [0.1, 0.15) is 18.1 Å². The third-order valence-corrected chi connectivity index (χ3v) is 5.50. The summed E-state index contributed by atoms with van der Waals surface area (Å²) in [6, 6.07) is 11.2. The Hall–Kier alpha value is -2.30. The molecule has 0 fully saturated rings. The molecule has 0 spiro atoms. The Morgan fingerprint density at radius 3 is 2.88 bits per heavy atom. The van der Waals surface area contributed by atoms with E-state index < -0.39 is 0 Å². The summed E-state index contributed by atoms with van der Waals surface area (Å²) in [7, 11) is 0. The summed E-state index contributed by atoms with van der Waals surface area (Å²) in [5, 5.41) is 9.65. The predicted octanol–water partition coefficient (Wildman–Crippen LogP) is 4.33. The second kappa shape index (κ2) is 7.30. The molecule has 1 N–H and O–H groups in total. The van der Waals surface area contributed by atoms with Crippen molar-refractivity contribution in [3.8, 4) is 6.07 Å². The average Bonchev–Trinajstić information content (AvgIpc) is 2.61. The highest BCUT2D eigenvalue weighted by Crippen LogP contribution is 2.28. The van der Waals surface area contributed by atoms with Crippen LogP contribution in [0.2, 0.25) is 0 Å². The van der Waals surface area contributed by atoms with Gasteiger partial charge in [0.1, 0.15) is 6.33 Å². The standard InChI is InChI=1S/C18H15BrN4OS/c1-3-25-17-5-4-12(9-20)7-16(17)22-23-10-21-15-6-11(2)14(19)8-13(15)18(23)24/h4-8,10,22H,3H2,1-2H3. The molecule has 0 aliphatic rings. The zero-order valence-corrected chi connectivity index (χ0v) is 16.1.